The first kappa shape index (κ1) is 18.6. The highest BCUT2D eigenvalue weighted by Gasteiger charge is 2.21. The number of aromatic carboxylic acids is 1. The van der Waals surface area contributed by atoms with Crippen LogP contribution in [0.25, 0.3) is 0 Å². The first-order valence-corrected chi connectivity index (χ1v) is 8.13. The summed E-state index contributed by atoms with van der Waals surface area (Å²) >= 11 is 0. The standard InChI is InChI=1S/C20H22FNO3/c1-20(2,16-8-10-17(21)11-9-16)13-22-18(23)12-5-14-3-6-15(7-4-14)19(24)25/h3-4,6-11H,5,12-13H2,1-2H3,(H,22,23)(H,24,25). The zero-order valence-electron chi connectivity index (χ0n) is 14.4. The van der Waals surface area contributed by atoms with Gasteiger partial charge < -0.3 is 10.4 Å². The third-order valence-electron chi connectivity index (χ3n) is 4.19. The normalized spacial score (nSPS) is 11.2. The molecule has 0 saturated carbocycles. The van der Waals surface area contributed by atoms with Crippen molar-refractivity contribution in [1.29, 1.82) is 0 Å². The van der Waals surface area contributed by atoms with Crippen LogP contribution in [0.2, 0.25) is 0 Å². The van der Waals surface area contributed by atoms with Crippen molar-refractivity contribution in [3.63, 3.8) is 0 Å². The van der Waals surface area contributed by atoms with Crippen LogP contribution in [0.3, 0.4) is 0 Å². The summed E-state index contributed by atoms with van der Waals surface area (Å²) in [6.45, 7) is 4.44. The van der Waals surface area contributed by atoms with Gasteiger partial charge in [0, 0.05) is 18.4 Å². The van der Waals surface area contributed by atoms with E-state index in [-0.39, 0.29) is 22.7 Å². The Hall–Kier alpha value is -2.69. The van der Waals surface area contributed by atoms with E-state index in [4.69, 9.17) is 5.11 Å². The number of hydrogen-bond acceptors (Lipinski definition) is 2. The molecule has 0 saturated heterocycles. The van der Waals surface area contributed by atoms with Gasteiger partial charge in [-0.2, -0.15) is 0 Å². The topological polar surface area (TPSA) is 66.4 Å². The Labute approximate surface area is 146 Å². The van der Waals surface area contributed by atoms with Gasteiger partial charge in [0.25, 0.3) is 0 Å². The molecule has 1 amide bonds. The minimum absolute atomic E-state index is 0.0718. The van der Waals surface area contributed by atoms with Gasteiger partial charge in [-0.25, -0.2) is 9.18 Å². The summed E-state index contributed by atoms with van der Waals surface area (Å²) in [4.78, 5) is 22.9. The van der Waals surface area contributed by atoms with Crippen LogP contribution in [0.4, 0.5) is 4.39 Å². The molecule has 2 aromatic carbocycles. The van der Waals surface area contributed by atoms with Gasteiger partial charge in [0.2, 0.25) is 5.91 Å². The summed E-state index contributed by atoms with van der Waals surface area (Å²) in [6.07, 6.45) is 0.870. The summed E-state index contributed by atoms with van der Waals surface area (Å²) in [6, 6.07) is 12.8. The molecule has 0 aliphatic carbocycles. The molecule has 132 valence electrons. The van der Waals surface area contributed by atoms with Gasteiger partial charge in [-0.15, -0.1) is 0 Å². The fourth-order valence-electron chi connectivity index (χ4n) is 2.48. The number of nitrogens with one attached hydrogen (secondary N) is 1. The SMILES string of the molecule is CC(C)(CNC(=O)CCc1ccc(C(=O)O)cc1)c1ccc(F)cc1. The lowest BCUT2D eigenvalue weighted by atomic mass is 9.84. The summed E-state index contributed by atoms with van der Waals surface area (Å²) in [5.74, 6) is -1.32. The Morgan fingerprint density at radius 3 is 2.20 bits per heavy atom. The van der Waals surface area contributed by atoms with Crippen LogP contribution in [-0.4, -0.2) is 23.5 Å². The lowest BCUT2D eigenvalue weighted by molar-refractivity contribution is -0.121. The highest BCUT2D eigenvalue weighted by atomic mass is 19.1. The zero-order chi connectivity index (χ0) is 18.4. The van der Waals surface area contributed by atoms with E-state index in [2.05, 4.69) is 5.32 Å². The molecule has 2 N–H and O–H groups in total. The van der Waals surface area contributed by atoms with Crippen LogP contribution in [-0.2, 0) is 16.6 Å². The smallest absolute Gasteiger partial charge is 0.335 e. The van der Waals surface area contributed by atoms with Crippen molar-refractivity contribution >= 4 is 11.9 Å². The Kier molecular flexibility index (Phi) is 5.91. The molecule has 2 rings (SSSR count). The lowest BCUT2D eigenvalue weighted by Gasteiger charge is -2.25. The third kappa shape index (κ3) is 5.41. The maximum Gasteiger partial charge on any atom is 0.335 e. The number of amides is 1. The van der Waals surface area contributed by atoms with Crippen LogP contribution >= 0.6 is 0 Å². The number of aryl methyl sites for hydroxylation is 1. The van der Waals surface area contributed by atoms with Gasteiger partial charge in [-0.05, 0) is 41.8 Å². The van der Waals surface area contributed by atoms with Crippen LogP contribution < -0.4 is 5.32 Å². The Bertz CT molecular complexity index is 737. The number of benzene rings is 2. The summed E-state index contributed by atoms with van der Waals surface area (Å²) in [7, 11) is 0. The fourth-order valence-corrected chi connectivity index (χ4v) is 2.48. The summed E-state index contributed by atoms with van der Waals surface area (Å²) in [5, 5.41) is 11.8. The Morgan fingerprint density at radius 2 is 1.64 bits per heavy atom. The molecule has 0 spiro atoms. The van der Waals surface area contributed by atoms with Crippen molar-refractivity contribution in [3.8, 4) is 0 Å². The largest absolute Gasteiger partial charge is 0.478 e. The monoisotopic (exact) mass is 343 g/mol. The molecule has 0 fully saturated rings. The molecule has 4 nitrogen and oxygen atoms in total. The highest BCUT2D eigenvalue weighted by molar-refractivity contribution is 5.87. The Morgan fingerprint density at radius 1 is 1.04 bits per heavy atom. The van der Waals surface area contributed by atoms with E-state index in [1.165, 1.54) is 24.3 Å². The maximum absolute atomic E-state index is 13.0. The molecule has 0 unspecified atom stereocenters. The quantitative estimate of drug-likeness (QED) is 0.808. The first-order valence-electron chi connectivity index (χ1n) is 8.13. The van der Waals surface area contributed by atoms with E-state index >= 15 is 0 Å². The number of carbonyl (C=O) groups excluding carboxylic acids is 1. The second-order valence-corrected chi connectivity index (χ2v) is 6.67. The van der Waals surface area contributed by atoms with E-state index in [1.807, 2.05) is 13.8 Å². The van der Waals surface area contributed by atoms with Gasteiger partial charge in [-0.3, -0.25) is 4.79 Å². The average Bonchev–Trinajstić information content (AvgIpc) is 2.59. The number of carboxylic acids is 1. The van der Waals surface area contributed by atoms with E-state index < -0.39 is 5.97 Å². The van der Waals surface area contributed by atoms with Crippen molar-refractivity contribution in [1.82, 2.24) is 5.32 Å². The van der Waals surface area contributed by atoms with Crippen molar-refractivity contribution in [3.05, 3.63) is 71.0 Å². The van der Waals surface area contributed by atoms with E-state index in [0.29, 0.717) is 19.4 Å². The van der Waals surface area contributed by atoms with Gasteiger partial charge in [0.15, 0.2) is 0 Å². The molecule has 25 heavy (non-hydrogen) atoms. The molecule has 2 aromatic rings. The van der Waals surface area contributed by atoms with Gasteiger partial charge in [0.1, 0.15) is 5.82 Å². The molecule has 0 aromatic heterocycles. The van der Waals surface area contributed by atoms with E-state index in [1.54, 1.807) is 24.3 Å². The second-order valence-electron chi connectivity index (χ2n) is 6.67. The summed E-state index contributed by atoms with van der Waals surface area (Å²) in [5.41, 5.74) is 1.80. The van der Waals surface area contributed by atoms with Crippen LogP contribution in [0.1, 0.15) is 41.8 Å². The number of carboxylic acid groups (broad SMARTS) is 1. The molecule has 0 aliphatic heterocycles. The summed E-state index contributed by atoms with van der Waals surface area (Å²) < 4.78 is 13.0. The fraction of sp³-hybridized carbons (Fsp3) is 0.300. The predicted octanol–water partition coefficient (Wildman–Crippen LogP) is 3.55. The molecule has 0 aliphatic rings. The van der Waals surface area contributed by atoms with Crippen molar-refractivity contribution < 1.29 is 19.1 Å². The molecule has 0 bridgehead atoms. The molecular weight excluding hydrogens is 321 g/mol. The Balaban J connectivity index is 1.83. The average molecular weight is 343 g/mol. The minimum Gasteiger partial charge on any atom is -0.478 e. The van der Waals surface area contributed by atoms with Crippen LogP contribution in [0.15, 0.2) is 48.5 Å². The van der Waals surface area contributed by atoms with Gasteiger partial charge >= 0.3 is 5.97 Å². The maximum atomic E-state index is 13.0. The highest BCUT2D eigenvalue weighted by Crippen LogP contribution is 2.22. The van der Waals surface area contributed by atoms with Crippen LogP contribution in [0.5, 0.6) is 0 Å². The first-order chi connectivity index (χ1) is 11.8. The van der Waals surface area contributed by atoms with Crippen molar-refractivity contribution in [2.45, 2.75) is 32.1 Å². The zero-order valence-corrected chi connectivity index (χ0v) is 14.4. The van der Waals surface area contributed by atoms with Crippen LogP contribution in [0, 0.1) is 5.82 Å². The van der Waals surface area contributed by atoms with Gasteiger partial charge in [0.05, 0.1) is 5.56 Å². The lowest BCUT2D eigenvalue weighted by Crippen LogP contribution is -2.36. The van der Waals surface area contributed by atoms with E-state index in [9.17, 15) is 14.0 Å². The number of rotatable bonds is 7. The molecule has 5 heteroatoms. The third-order valence-corrected chi connectivity index (χ3v) is 4.19. The predicted molar refractivity (Wildman–Crippen MR) is 94.2 cm³/mol. The minimum atomic E-state index is -0.965. The molecular formula is C20H22FNO3. The number of hydrogen-bond donors (Lipinski definition) is 2. The molecule has 0 atom stereocenters. The van der Waals surface area contributed by atoms with Gasteiger partial charge in [-0.1, -0.05) is 38.1 Å². The molecule has 0 radical (unpaired) electrons. The number of halogens is 1. The second kappa shape index (κ2) is 7.92. The molecule has 0 heterocycles. The van der Waals surface area contributed by atoms with E-state index in [0.717, 1.165) is 11.1 Å². The number of carbonyl (C=O) groups is 2. The van der Waals surface area contributed by atoms with Crippen molar-refractivity contribution in [2.24, 2.45) is 0 Å². The van der Waals surface area contributed by atoms with Crippen molar-refractivity contribution in [2.75, 3.05) is 6.54 Å².